The molecule has 0 amide bonds. The van der Waals surface area contributed by atoms with Crippen molar-refractivity contribution in [3.8, 4) is 0 Å². The molecule has 0 N–H and O–H groups in total. The molecule has 1 aromatic heterocycles. The van der Waals surface area contributed by atoms with Crippen molar-refractivity contribution >= 4 is 48.5 Å². The summed E-state index contributed by atoms with van der Waals surface area (Å²) in [6.07, 6.45) is 0. The third kappa shape index (κ3) is 2.76. The van der Waals surface area contributed by atoms with E-state index >= 15 is 0 Å². The highest BCUT2D eigenvalue weighted by Crippen LogP contribution is 2.25. The smallest absolute Gasteiger partial charge is 0.215 e. The zero-order chi connectivity index (χ0) is 15.0. The number of pyridine rings is 1. The van der Waals surface area contributed by atoms with E-state index in [0.717, 1.165) is 5.39 Å². The molecule has 5 heteroatoms. The van der Waals surface area contributed by atoms with Gasteiger partial charge in [-0.1, -0.05) is 34.1 Å². The highest BCUT2D eigenvalue weighted by atomic mass is 79.9. The first-order valence-electron chi connectivity index (χ1n) is 6.11. The van der Waals surface area contributed by atoms with Crippen LogP contribution < -0.4 is 0 Å². The number of hydrogen-bond acceptors (Lipinski definition) is 2. The summed E-state index contributed by atoms with van der Waals surface area (Å²) in [5.41, 5.74) is 0.887. The van der Waals surface area contributed by atoms with E-state index in [-0.39, 0.29) is 11.3 Å². The van der Waals surface area contributed by atoms with Crippen LogP contribution in [0.4, 0.5) is 4.39 Å². The van der Waals surface area contributed by atoms with E-state index in [1.807, 2.05) is 30.3 Å². The standard InChI is InChI=1S/C16H8Br2FNO/c17-10-5-6-13(19)11(8-10)16(21)15-12(18)7-9-3-1-2-4-14(9)20-15/h1-8H. The normalized spacial score (nSPS) is 10.8. The molecule has 2 aromatic carbocycles. The summed E-state index contributed by atoms with van der Waals surface area (Å²) in [4.78, 5) is 16.9. The zero-order valence-corrected chi connectivity index (χ0v) is 13.8. The van der Waals surface area contributed by atoms with Gasteiger partial charge in [0.15, 0.2) is 0 Å². The van der Waals surface area contributed by atoms with Crippen molar-refractivity contribution in [3.05, 3.63) is 74.6 Å². The molecule has 0 unspecified atom stereocenters. The second-order valence-corrected chi connectivity index (χ2v) is 6.23. The summed E-state index contributed by atoms with van der Waals surface area (Å²) < 4.78 is 15.1. The summed E-state index contributed by atoms with van der Waals surface area (Å²) in [5, 5.41) is 0.913. The molecular weight excluding hydrogens is 401 g/mol. The van der Waals surface area contributed by atoms with Gasteiger partial charge in [0.1, 0.15) is 11.5 Å². The van der Waals surface area contributed by atoms with Crippen molar-refractivity contribution in [2.75, 3.05) is 0 Å². The molecule has 21 heavy (non-hydrogen) atoms. The number of fused-ring (bicyclic) bond motifs is 1. The number of halogens is 3. The SMILES string of the molecule is O=C(c1cc(Br)ccc1F)c1nc2ccccc2cc1Br. The summed E-state index contributed by atoms with van der Waals surface area (Å²) in [6.45, 7) is 0. The number of hydrogen-bond donors (Lipinski definition) is 0. The fourth-order valence-electron chi connectivity index (χ4n) is 2.05. The predicted octanol–water partition coefficient (Wildman–Crippen LogP) is 5.13. The Bertz CT molecular complexity index is 864. The number of aromatic nitrogens is 1. The van der Waals surface area contributed by atoms with E-state index in [0.29, 0.717) is 14.5 Å². The van der Waals surface area contributed by atoms with Gasteiger partial charge in [-0.15, -0.1) is 0 Å². The van der Waals surface area contributed by atoms with E-state index in [2.05, 4.69) is 36.8 Å². The minimum atomic E-state index is -0.565. The van der Waals surface area contributed by atoms with Gasteiger partial charge in [0.05, 0.1) is 11.1 Å². The number of para-hydroxylation sites is 1. The molecule has 104 valence electrons. The van der Waals surface area contributed by atoms with Gasteiger partial charge in [0.25, 0.3) is 0 Å². The Labute approximate surface area is 137 Å². The number of carbonyl (C=O) groups is 1. The van der Waals surface area contributed by atoms with Crippen LogP contribution in [-0.2, 0) is 0 Å². The molecule has 0 spiro atoms. The second-order valence-electron chi connectivity index (χ2n) is 4.46. The van der Waals surface area contributed by atoms with Crippen LogP contribution in [0.3, 0.4) is 0 Å². The molecule has 0 saturated heterocycles. The molecule has 1 heterocycles. The summed E-state index contributed by atoms with van der Waals surface area (Å²) in [7, 11) is 0. The van der Waals surface area contributed by atoms with Crippen LogP contribution >= 0.6 is 31.9 Å². The number of rotatable bonds is 2. The summed E-state index contributed by atoms with van der Waals surface area (Å²) in [5.74, 6) is -1.02. The number of ketones is 1. The molecule has 0 atom stereocenters. The Morgan fingerprint density at radius 2 is 1.81 bits per heavy atom. The minimum Gasteiger partial charge on any atom is -0.287 e. The van der Waals surface area contributed by atoms with Gasteiger partial charge in [-0.2, -0.15) is 0 Å². The lowest BCUT2D eigenvalue weighted by Crippen LogP contribution is -2.08. The van der Waals surface area contributed by atoms with E-state index in [9.17, 15) is 9.18 Å². The Morgan fingerprint density at radius 3 is 2.62 bits per heavy atom. The molecule has 0 aliphatic heterocycles. The Kier molecular flexibility index (Phi) is 3.87. The average Bonchev–Trinajstić information content (AvgIpc) is 2.48. The van der Waals surface area contributed by atoms with Crippen LogP contribution in [0, 0.1) is 5.82 Å². The maximum Gasteiger partial charge on any atom is 0.215 e. The Morgan fingerprint density at radius 1 is 1.05 bits per heavy atom. The van der Waals surface area contributed by atoms with E-state index < -0.39 is 11.6 Å². The topological polar surface area (TPSA) is 30.0 Å². The first kappa shape index (κ1) is 14.4. The van der Waals surface area contributed by atoms with Gasteiger partial charge in [-0.25, -0.2) is 9.37 Å². The van der Waals surface area contributed by atoms with Crippen LogP contribution in [-0.4, -0.2) is 10.8 Å². The first-order valence-corrected chi connectivity index (χ1v) is 7.70. The summed E-state index contributed by atoms with van der Waals surface area (Å²) in [6, 6.07) is 13.5. The third-order valence-corrected chi connectivity index (χ3v) is 4.16. The van der Waals surface area contributed by atoms with Crippen LogP contribution in [0.5, 0.6) is 0 Å². The van der Waals surface area contributed by atoms with Crippen molar-refractivity contribution < 1.29 is 9.18 Å². The molecule has 0 aliphatic rings. The van der Waals surface area contributed by atoms with Crippen LogP contribution in [0.2, 0.25) is 0 Å². The molecular formula is C16H8Br2FNO. The molecule has 0 bridgehead atoms. The highest BCUT2D eigenvalue weighted by molar-refractivity contribution is 9.10. The second kappa shape index (κ2) is 5.66. The highest BCUT2D eigenvalue weighted by Gasteiger charge is 2.19. The monoisotopic (exact) mass is 407 g/mol. The molecule has 3 aromatic rings. The average molecular weight is 409 g/mol. The van der Waals surface area contributed by atoms with E-state index in [1.165, 1.54) is 12.1 Å². The molecule has 2 nitrogen and oxygen atoms in total. The van der Waals surface area contributed by atoms with E-state index in [4.69, 9.17) is 0 Å². The lowest BCUT2D eigenvalue weighted by Gasteiger charge is -2.07. The number of nitrogens with zero attached hydrogens (tertiary/aromatic N) is 1. The van der Waals surface area contributed by atoms with Crippen molar-refractivity contribution in [1.29, 1.82) is 0 Å². The molecule has 3 rings (SSSR count). The van der Waals surface area contributed by atoms with Gasteiger partial charge in [0, 0.05) is 14.3 Å². The molecule has 0 saturated carbocycles. The van der Waals surface area contributed by atoms with Gasteiger partial charge in [0.2, 0.25) is 5.78 Å². The zero-order valence-electron chi connectivity index (χ0n) is 10.6. The maximum atomic E-state index is 13.9. The van der Waals surface area contributed by atoms with Gasteiger partial charge >= 0.3 is 0 Å². The lowest BCUT2D eigenvalue weighted by atomic mass is 10.1. The number of benzene rings is 2. The van der Waals surface area contributed by atoms with Crippen molar-refractivity contribution in [3.63, 3.8) is 0 Å². The Hall–Kier alpha value is -1.59. The van der Waals surface area contributed by atoms with Crippen molar-refractivity contribution in [2.45, 2.75) is 0 Å². The van der Waals surface area contributed by atoms with Crippen molar-refractivity contribution in [2.24, 2.45) is 0 Å². The molecule has 0 radical (unpaired) electrons. The van der Waals surface area contributed by atoms with Gasteiger partial charge < -0.3 is 0 Å². The fourth-order valence-corrected chi connectivity index (χ4v) is 2.92. The van der Waals surface area contributed by atoms with Crippen LogP contribution in [0.15, 0.2) is 57.5 Å². The Balaban J connectivity index is 2.17. The largest absolute Gasteiger partial charge is 0.287 e. The van der Waals surface area contributed by atoms with Crippen molar-refractivity contribution in [1.82, 2.24) is 4.98 Å². The number of carbonyl (C=O) groups excluding carboxylic acids is 1. The van der Waals surface area contributed by atoms with Gasteiger partial charge in [-0.05, 0) is 46.3 Å². The molecule has 0 aliphatic carbocycles. The van der Waals surface area contributed by atoms with Crippen LogP contribution in [0.1, 0.15) is 16.1 Å². The predicted molar refractivity (Wildman–Crippen MR) is 87.0 cm³/mol. The lowest BCUT2D eigenvalue weighted by molar-refractivity contribution is 0.103. The summed E-state index contributed by atoms with van der Waals surface area (Å²) >= 11 is 6.59. The maximum absolute atomic E-state index is 13.9. The minimum absolute atomic E-state index is 0.00661. The third-order valence-electron chi connectivity index (χ3n) is 3.07. The first-order chi connectivity index (χ1) is 10.1. The van der Waals surface area contributed by atoms with Crippen LogP contribution in [0.25, 0.3) is 10.9 Å². The quantitative estimate of drug-likeness (QED) is 0.550. The van der Waals surface area contributed by atoms with Gasteiger partial charge in [-0.3, -0.25) is 4.79 Å². The fraction of sp³-hybridized carbons (Fsp3) is 0. The van der Waals surface area contributed by atoms with E-state index in [1.54, 1.807) is 6.07 Å². The molecule has 0 fully saturated rings.